The number of pyridine rings is 1. The van der Waals surface area contributed by atoms with E-state index in [0.29, 0.717) is 42.6 Å². The first-order chi connectivity index (χ1) is 18.6. The maximum Gasteiger partial charge on any atom is 0.238 e. The van der Waals surface area contributed by atoms with Gasteiger partial charge in [0.1, 0.15) is 18.4 Å². The van der Waals surface area contributed by atoms with Crippen LogP contribution < -0.4 is 24.8 Å². The van der Waals surface area contributed by atoms with Crippen LogP contribution in [-0.4, -0.2) is 37.3 Å². The van der Waals surface area contributed by atoms with Gasteiger partial charge in [-0.05, 0) is 61.2 Å². The molecular weight excluding hydrogens is 478 g/mol. The molecule has 0 fully saturated rings. The predicted molar refractivity (Wildman–Crippen MR) is 152 cm³/mol. The highest BCUT2D eigenvalue weighted by Gasteiger charge is 2.25. The highest BCUT2D eigenvalue weighted by molar-refractivity contribution is 5.76. The number of aromatic nitrogens is 1. The van der Waals surface area contributed by atoms with E-state index in [1.807, 2.05) is 36.4 Å². The molecule has 4 rings (SSSR count). The summed E-state index contributed by atoms with van der Waals surface area (Å²) in [5.74, 6) is 1.83. The van der Waals surface area contributed by atoms with Gasteiger partial charge in [0, 0.05) is 17.7 Å². The van der Waals surface area contributed by atoms with Crippen molar-refractivity contribution in [2.45, 2.75) is 64.9 Å². The van der Waals surface area contributed by atoms with E-state index in [0.717, 1.165) is 42.6 Å². The van der Waals surface area contributed by atoms with E-state index in [1.165, 1.54) is 18.4 Å². The Kier molecular flexibility index (Phi) is 9.84. The third-order valence-electron chi connectivity index (χ3n) is 6.58. The Bertz CT molecular complexity index is 1210. The zero-order chi connectivity index (χ0) is 26.7. The Labute approximate surface area is 225 Å². The van der Waals surface area contributed by atoms with Crippen molar-refractivity contribution < 1.29 is 19.0 Å². The molecule has 3 aromatic rings. The minimum Gasteiger partial charge on any atom is -0.486 e. The second-order valence-corrected chi connectivity index (χ2v) is 9.63. The van der Waals surface area contributed by atoms with Crippen molar-refractivity contribution in [1.29, 1.82) is 0 Å². The average Bonchev–Trinajstić information content (AvgIpc) is 2.95. The lowest BCUT2D eigenvalue weighted by Crippen LogP contribution is -2.40. The monoisotopic (exact) mass is 517 g/mol. The molecular formula is C31H39N3O4. The van der Waals surface area contributed by atoms with Gasteiger partial charge in [0.2, 0.25) is 11.8 Å². The normalized spacial score (nSPS) is 14.1. The lowest BCUT2D eigenvalue weighted by Gasteiger charge is -2.28. The first kappa shape index (κ1) is 27.3. The largest absolute Gasteiger partial charge is 0.486 e. The van der Waals surface area contributed by atoms with Gasteiger partial charge < -0.3 is 24.8 Å². The summed E-state index contributed by atoms with van der Waals surface area (Å²) in [4.78, 5) is 16.9. The third kappa shape index (κ3) is 7.18. The fourth-order valence-corrected chi connectivity index (χ4v) is 4.47. The van der Waals surface area contributed by atoms with Crippen LogP contribution in [0.4, 0.5) is 11.4 Å². The number of carbonyl (C=O) groups excluding carboxylic acids is 1. The summed E-state index contributed by atoms with van der Waals surface area (Å²) in [7, 11) is 1.62. The highest BCUT2D eigenvalue weighted by atomic mass is 16.6. The van der Waals surface area contributed by atoms with Crippen LogP contribution in [0.1, 0.15) is 57.9 Å². The number of para-hydroxylation sites is 1. The zero-order valence-electron chi connectivity index (χ0n) is 22.7. The Morgan fingerprint density at radius 3 is 2.71 bits per heavy atom. The molecule has 0 saturated carbocycles. The first-order valence-electron chi connectivity index (χ1n) is 13.7. The molecule has 0 aliphatic carbocycles. The summed E-state index contributed by atoms with van der Waals surface area (Å²) in [6, 6.07) is 18.1. The van der Waals surface area contributed by atoms with Crippen LogP contribution in [0.2, 0.25) is 0 Å². The minimum absolute atomic E-state index is 0.0477. The minimum atomic E-state index is -0.276. The fraction of sp³-hybridized carbons (Fsp3) is 0.419. The van der Waals surface area contributed by atoms with Crippen LogP contribution in [0, 0.1) is 0 Å². The summed E-state index contributed by atoms with van der Waals surface area (Å²) in [6.07, 6.45) is 6.71. The van der Waals surface area contributed by atoms with Crippen LogP contribution >= 0.6 is 0 Å². The van der Waals surface area contributed by atoms with Crippen molar-refractivity contribution in [3.63, 3.8) is 0 Å². The molecule has 2 aromatic carbocycles. The summed E-state index contributed by atoms with van der Waals surface area (Å²) >= 11 is 0. The number of ether oxygens (including phenoxy) is 3. The van der Waals surface area contributed by atoms with E-state index in [-0.39, 0.29) is 12.0 Å². The number of amides is 1. The molecule has 1 aliphatic heterocycles. The molecule has 1 atom stereocenters. The number of benzene rings is 2. The number of aryl methyl sites for hydroxylation is 1. The number of fused-ring (bicyclic) bond motifs is 1. The molecule has 1 amide bonds. The maximum absolute atomic E-state index is 12.2. The van der Waals surface area contributed by atoms with E-state index < -0.39 is 0 Å². The summed E-state index contributed by atoms with van der Waals surface area (Å²) in [5, 5.41) is 6.43. The first-order valence-corrected chi connectivity index (χ1v) is 13.7. The van der Waals surface area contributed by atoms with Crippen molar-refractivity contribution in [1.82, 2.24) is 10.3 Å². The Hall–Kier alpha value is -3.74. The van der Waals surface area contributed by atoms with E-state index in [4.69, 9.17) is 19.2 Å². The Morgan fingerprint density at radius 1 is 1.05 bits per heavy atom. The standard InChI is InChI=1S/C31H39N3O4/c1-4-6-8-16-29(35)32-20-24-21-37-28-15-10-14-25(30(28)38-24)26-17-18-27(31(34-26)36-3)33-23-13-9-12-22(19-23)11-7-5-2/h9-10,12-15,17-19,24,33H,4-8,11,16,20-21H2,1-3H3,(H,32,35). The van der Waals surface area contributed by atoms with Gasteiger partial charge in [0.05, 0.1) is 19.3 Å². The number of nitrogens with zero attached hydrogens (tertiary/aromatic N) is 1. The van der Waals surface area contributed by atoms with Crippen LogP contribution in [0.25, 0.3) is 11.3 Å². The fourth-order valence-electron chi connectivity index (χ4n) is 4.47. The van der Waals surface area contributed by atoms with Gasteiger partial charge in [-0.15, -0.1) is 0 Å². The molecule has 1 aromatic heterocycles. The maximum atomic E-state index is 12.2. The van der Waals surface area contributed by atoms with E-state index >= 15 is 0 Å². The SMILES string of the molecule is CCCCCC(=O)NCC1COc2cccc(-c3ccc(Nc4cccc(CCCC)c4)c(OC)n3)c2O1. The van der Waals surface area contributed by atoms with Gasteiger partial charge in [-0.25, -0.2) is 4.98 Å². The third-order valence-corrected chi connectivity index (χ3v) is 6.58. The van der Waals surface area contributed by atoms with Crippen molar-refractivity contribution in [3.8, 4) is 28.6 Å². The van der Waals surface area contributed by atoms with Crippen molar-refractivity contribution >= 4 is 17.3 Å². The summed E-state index contributed by atoms with van der Waals surface area (Å²) in [6.45, 7) is 5.11. The van der Waals surface area contributed by atoms with Gasteiger partial charge in [-0.3, -0.25) is 4.79 Å². The van der Waals surface area contributed by atoms with Crippen molar-refractivity contribution in [2.75, 3.05) is 25.6 Å². The number of carbonyl (C=O) groups is 1. The van der Waals surface area contributed by atoms with E-state index in [2.05, 4.69) is 42.7 Å². The quantitative estimate of drug-likeness (QED) is 0.246. The van der Waals surface area contributed by atoms with Crippen LogP contribution in [0.5, 0.6) is 17.4 Å². The number of nitrogens with one attached hydrogen (secondary N) is 2. The topological polar surface area (TPSA) is 81.7 Å². The lowest BCUT2D eigenvalue weighted by molar-refractivity contribution is -0.121. The lowest BCUT2D eigenvalue weighted by atomic mass is 10.1. The second kappa shape index (κ2) is 13.7. The molecule has 0 radical (unpaired) electrons. The Morgan fingerprint density at radius 2 is 1.89 bits per heavy atom. The molecule has 1 unspecified atom stereocenters. The van der Waals surface area contributed by atoms with Crippen LogP contribution in [-0.2, 0) is 11.2 Å². The number of unbranched alkanes of at least 4 members (excludes halogenated alkanes) is 3. The molecule has 7 nitrogen and oxygen atoms in total. The molecule has 1 aliphatic rings. The van der Waals surface area contributed by atoms with Crippen molar-refractivity contribution in [3.05, 3.63) is 60.2 Å². The second-order valence-electron chi connectivity index (χ2n) is 9.63. The Balaban J connectivity index is 1.48. The van der Waals surface area contributed by atoms with Gasteiger partial charge in [-0.2, -0.15) is 0 Å². The van der Waals surface area contributed by atoms with Crippen LogP contribution in [0.15, 0.2) is 54.6 Å². The van der Waals surface area contributed by atoms with Gasteiger partial charge >= 0.3 is 0 Å². The molecule has 202 valence electrons. The van der Waals surface area contributed by atoms with Crippen LogP contribution in [0.3, 0.4) is 0 Å². The number of rotatable bonds is 13. The van der Waals surface area contributed by atoms with Gasteiger partial charge in [0.25, 0.3) is 0 Å². The van der Waals surface area contributed by atoms with Crippen molar-refractivity contribution in [2.24, 2.45) is 0 Å². The van der Waals surface area contributed by atoms with Gasteiger partial charge in [0.15, 0.2) is 11.5 Å². The average molecular weight is 518 g/mol. The number of hydrogen-bond donors (Lipinski definition) is 2. The predicted octanol–water partition coefficient (Wildman–Crippen LogP) is 6.68. The van der Waals surface area contributed by atoms with E-state index in [1.54, 1.807) is 7.11 Å². The molecule has 0 saturated heterocycles. The summed E-state index contributed by atoms with van der Waals surface area (Å²) in [5.41, 5.74) is 4.62. The molecule has 2 N–H and O–H groups in total. The smallest absolute Gasteiger partial charge is 0.238 e. The number of anilines is 2. The molecule has 7 heteroatoms. The van der Waals surface area contributed by atoms with Gasteiger partial charge in [-0.1, -0.05) is 51.3 Å². The highest BCUT2D eigenvalue weighted by Crippen LogP contribution is 2.41. The number of hydrogen-bond acceptors (Lipinski definition) is 6. The van der Waals surface area contributed by atoms with E-state index in [9.17, 15) is 4.79 Å². The molecule has 38 heavy (non-hydrogen) atoms. The summed E-state index contributed by atoms with van der Waals surface area (Å²) < 4.78 is 17.9. The molecule has 0 spiro atoms. The number of methoxy groups -OCH3 is 1. The molecule has 2 heterocycles. The molecule has 0 bridgehead atoms. The zero-order valence-corrected chi connectivity index (χ0v) is 22.7.